The molecule has 2 rings (SSSR count). The molecular weight excluding hydrogens is 218 g/mol. The number of anilines is 1. The molecule has 0 saturated carbocycles. The van der Waals surface area contributed by atoms with Crippen LogP contribution in [0.2, 0.25) is 5.28 Å². The van der Waals surface area contributed by atoms with Crippen LogP contribution in [-0.2, 0) is 7.05 Å². The summed E-state index contributed by atoms with van der Waals surface area (Å²) in [4.78, 5) is 8.09. The molecule has 0 bridgehead atoms. The van der Waals surface area contributed by atoms with E-state index in [4.69, 9.17) is 16.7 Å². The summed E-state index contributed by atoms with van der Waals surface area (Å²) in [5.74, 6) is 0.590. The molecule has 0 unspecified atom stereocenters. The second-order valence-electron chi connectivity index (χ2n) is 3.00. The molecule has 0 aromatic carbocycles. The van der Waals surface area contributed by atoms with Crippen LogP contribution in [0, 0.1) is 0 Å². The number of aliphatic hydroxyl groups excluding tert-OH is 1. The van der Waals surface area contributed by atoms with Crippen LogP contribution >= 0.6 is 11.6 Å². The Labute approximate surface area is 90.9 Å². The molecule has 7 heteroatoms. The zero-order valence-electron chi connectivity index (χ0n) is 8.11. The van der Waals surface area contributed by atoms with Crippen molar-refractivity contribution in [1.82, 2.24) is 19.7 Å². The van der Waals surface area contributed by atoms with E-state index >= 15 is 0 Å². The van der Waals surface area contributed by atoms with Crippen LogP contribution in [0.4, 0.5) is 5.82 Å². The molecule has 0 spiro atoms. The smallest absolute Gasteiger partial charge is 0.226 e. The van der Waals surface area contributed by atoms with E-state index in [2.05, 4.69) is 20.4 Å². The van der Waals surface area contributed by atoms with Crippen molar-refractivity contribution in [3.63, 3.8) is 0 Å². The highest BCUT2D eigenvalue weighted by atomic mass is 35.5. The average Bonchev–Trinajstić information content (AvgIpc) is 2.57. The molecule has 0 radical (unpaired) electrons. The second kappa shape index (κ2) is 4.00. The molecule has 2 aromatic heterocycles. The molecule has 2 aromatic rings. The lowest BCUT2D eigenvalue weighted by molar-refractivity contribution is 0.311. The number of aliphatic hydroxyl groups is 1. The quantitative estimate of drug-likeness (QED) is 0.744. The van der Waals surface area contributed by atoms with Gasteiger partial charge in [-0.15, -0.1) is 0 Å². The molecule has 6 nitrogen and oxygen atoms in total. The van der Waals surface area contributed by atoms with E-state index in [0.717, 1.165) is 5.39 Å². The predicted molar refractivity (Wildman–Crippen MR) is 56.9 cm³/mol. The van der Waals surface area contributed by atoms with Gasteiger partial charge < -0.3 is 10.4 Å². The number of nitrogens with zero attached hydrogens (tertiary/aromatic N) is 4. The minimum atomic E-state index is 0.0311. The zero-order chi connectivity index (χ0) is 10.8. The molecule has 15 heavy (non-hydrogen) atoms. The molecule has 2 N–H and O–H groups in total. The summed E-state index contributed by atoms with van der Waals surface area (Å²) < 4.78 is 1.62. The van der Waals surface area contributed by atoms with E-state index in [1.54, 1.807) is 17.9 Å². The van der Waals surface area contributed by atoms with Gasteiger partial charge in [-0.2, -0.15) is 15.1 Å². The molecule has 0 saturated heterocycles. The van der Waals surface area contributed by atoms with Crippen molar-refractivity contribution in [3.05, 3.63) is 11.5 Å². The topological polar surface area (TPSA) is 75.9 Å². The summed E-state index contributed by atoms with van der Waals surface area (Å²) in [6.07, 6.45) is 1.66. The fourth-order valence-corrected chi connectivity index (χ4v) is 1.47. The average molecular weight is 228 g/mol. The van der Waals surface area contributed by atoms with Gasteiger partial charge in [0, 0.05) is 13.6 Å². The van der Waals surface area contributed by atoms with Crippen LogP contribution < -0.4 is 5.32 Å². The first-order valence-electron chi connectivity index (χ1n) is 4.42. The SMILES string of the molecule is Cn1ncc2c(NCCO)nc(Cl)nc21. The largest absolute Gasteiger partial charge is 0.395 e. The molecule has 0 amide bonds. The Morgan fingerprint density at radius 3 is 3.07 bits per heavy atom. The second-order valence-corrected chi connectivity index (χ2v) is 3.34. The Kier molecular flexibility index (Phi) is 2.70. The Balaban J connectivity index is 2.52. The molecule has 0 aliphatic rings. The summed E-state index contributed by atoms with van der Waals surface area (Å²) in [7, 11) is 1.78. The third-order valence-corrected chi connectivity index (χ3v) is 2.14. The minimum Gasteiger partial charge on any atom is -0.395 e. The molecule has 0 fully saturated rings. The molecule has 0 aliphatic heterocycles. The van der Waals surface area contributed by atoms with E-state index in [1.807, 2.05) is 0 Å². The maximum Gasteiger partial charge on any atom is 0.226 e. The molecule has 0 atom stereocenters. The first-order chi connectivity index (χ1) is 7.22. The van der Waals surface area contributed by atoms with Gasteiger partial charge in [-0.3, -0.25) is 4.68 Å². The molecular formula is C8H10ClN5O. The minimum absolute atomic E-state index is 0.0311. The van der Waals surface area contributed by atoms with Crippen LogP contribution in [0.1, 0.15) is 0 Å². The predicted octanol–water partition coefficient (Wildman–Crippen LogP) is 0.421. The highest BCUT2D eigenvalue weighted by Gasteiger charge is 2.09. The first kappa shape index (κ1) is 10.1. The van der Waals surface area contributed by atoms with Crippen LogP contribution in [0.3, 0.4) is 0 Å². The van der Waals surface area contributed by atoms with Gasteiger partial charge >= 0.3 is 0 Å². The molecule has 0 aliphatic carbocycles. The monoisotopic (exact) mass is 227 g/mol. The summed E-state index contributed by atoms with van der Waals surface area (Å²) >= 11 is 5.77. The zero-order valence-corrected chi connectivity index (χ0v) is 8.86. The van der Waals surface area contributed by atoms with E-state index in [1.165, 1.54) is 0 Å². The highest BCUT2D eigenvalue weighted by Crippen LogP contribution is 2.20. The lowest BCUT2D eigenvalue weighted by Crippen LogP contribution is -2.08. The van der Waals surface area contributed by atoms with Gasteiger partial charge in [-0.05, 0) is 11.6 Å². The van der Waals surface area contributed by atoms with E-state index in [-0.39, 0.29) is 11.9 Å². The van der Waals surface area contributed by atoms with Crippen molar-refractivity contribution in [2.75, 3.05) is 18.5 Å². The number of hydrogen-bond acceptors (Lipinski definition) is 5. The number of aryl methyl sites for hydroxylation is 1. The van der Waals surface area contributed by atoms with E-state index in [0.29, 0.717) is 18.0 Å². The van der Waals surface area contributed by atoms with Crippen molar-refractivity contribution < 1.29 is 5.11 Å². The fraction of sp³-hybridized carbons (Fsp3) is 0.375. The Hall–Kier alpha value is -1.40. The fourth-order valence-electron chi connectivity index (χ4n) is 1.30. The van der Waals surface area contributed by atoms with Crippen LogP contribution in [-0.4, -0.2) is 38.0 Å². The van der Waals surface area contributed by atoms with E-state index < -0.39 is 0 Å². The van der Waals surface area contributed by atoms with Crippen molar-refractivity contribution in [3.8, 4) is 0 Å². The maximum absolute atomic E-state index is 8.71. The van der Waals surface area contributed by atoms with E-state index in [9.17, 15) is 0 Å². The van der Waals surface area contributed by atoms with Gasteiger partial charge in [-0.1, -0.05) is 0 Å². The van der Waals surface area contributed by atoms with Gasteiger partial charge in [0.25, 0.3) is 0 Å². The summed E-state index contributed by atoms with van der Waals surface area (Å²) in [6.45, 7) is 0.445. The van der Waals surface area contributed by atoms with Crippen molar-refractivity contribution >= 4 is 28.5 Å². The first-order valence-corrected chi connectivity index (χ1v) is 4.80. The Morgan fingerprint density at radius 1 is 1.53 bits per heavy atom. The Bertz CT molecular complexity index is 483. The highest BCUT2D eigenvalue weighted by molar-refractivity contribution is 6.28. The number of hydrogen-bond donors (Lipinski definition) is 2. The van der Waals surface area contributed by atoms with Crippen LogP contribution in [0.15, 0.2) is 6.20 Å². The number of nitrogens with one attached hydrogen (secondary N) is 1. The summed E-state index contributed by atoms with van der Waals surface area (Å²) in [5.41, 5.74) is 0.662. The van der Waals surface area contributed by atoms with Gasteiger partial charge in [-0.25, -0.2) is 0 Å². The normalized spacial score (nSPS) is 10.9. The third kappa shape index (κ3) is 1.86. The van der Waals surface area contributed by atoms with Crippen LogP contribution in [0.5, 0.6) is 0 Å². The van der Waals surface area contributed by atoms with Gasteiger partial charge in [0.2, 0.25) is 5.28 Å². The lowest BCUT2D eigenvalue weighted by Gasteiger charge is -2.04. The van der Waals surface area contributed by atoms with Crippen molar-refractivity contribution in [1.29, 1.82) is 0 Å². The number of halogens is 1. The van der Waals surface area contributed by atoms with Crippen molar-refractivity contribution in [2.45, 2.75) is 0 Å². The van der Waals surface area contributed by atoms with Gasteiger partial charge in [0.05, 0.1) is 18.2 Å². The molecule has 80 valence electrons. The van der Waals surface area contributed by atoms with Crippen LogP contribution in [0.25, 0.3) is 11.0 Å². The maximum atomic E-state index is 8.71. The van der Waals surface area contributed by atoms with Gasteiger partial charge in [0.15, 0.2) is 5.65 Å². The number of rotatable bonds is 3. The standard InChI is InChI=1S/C8H10ClN5O/c1-14-7-5(4-11-14)6(10-2-3-15)12-8(9)13-7/h4,15H,2-3H2,1H3,(H,10,12,13). The summed E-state index contributed by atoms with van der Waals surface area (Å²) in [6, 6.07) is 0. The summed E-state index contributed by atoms with van der Waals surface area (Å²) in [5, 5.41) is 16.7. The third-order valence-electron chi connectivity index (χ3n) is 1.97. The van der Waals surface area contributed by atoms with Gasteiger partial charge in [0.1, 0.15) is 5.82 Å². The number of fused-ring (bicyclic) bond motifs is 1. The number of aromatic nitrogens is 4. The Morgan fingerprint density at radius 2 is 2.33 bits per heavy atom. The lowest BCUT2D eigenvalue weighted by atomic mass is 10.4. The van der Waals surface area contributed by atoms with Crippen molar-refractivity contribution in [2.24, 2.45) is 7.05 Å². The molecule has 2 heterocycles.